The Morgan fingerprint density at radius 1 is 1.40 bits per heavy atom. The predicted octanol–water partition coefficient (Wildman–Crippen LogP) is 1.85. The molecule has 2 nitrogen and oxygen atoms in total. The number of thiophene rings is 1. The lowest BCUT2D eigenvalue weighted by molar-refractivity contribution is 0.655. The molecule has 2 N–H and O–H groups in total. The van der Waals surface area contributed by atoms with Crippen molar-refractivity contribution in [3.05, 3.63) is 21.4 Å². The largest absolute Gasteiger partial charge is 0.318 e. The monoisotopic (exact) mass is 242 g/mol. The minimum Gasteiger partial charge on any atom is -0.318 e. The molecule has 0 aliphatic carbocycles. The molecular formula is C11H18N2S2. The van der Waals surface area contributed by atoms with E-state index in [1.165, 1.54) is 22.8 Å². The summed E-state index contributed by atoms with van der Waals surface area (Å²) < 4.78 is 0. The van der Waals surface area contributed by atoms with Gasteiger partial charge < -0.3 is 10.6 Å². The third-order valence-corrected chi connectivity index (χ3v) is 4.77. The first kappa shape index (κ1) is 11.5. The van der Waals surface area contributed by atoms with Gasteiger partial charge in [-0.1, -0.05) is 0 Å². The van der Waals surface area contributed by atoms with E-state index in [1.54, 1.807) is 10.4 Å². The van der Waals surface area contributed by atoms with E-state index < -0.39 is 0 Å². The summed E-state index contributed by atoms with van der Waals surface area (Å²) >= 11 is 4.06. The summed E-state index contributed by atoms with van der Waals surface area (Å²) in [5.74, 6) is 2.53. The van der Waals surface area contributed by atoms with Gasteiger partial charge in [-0.2, -0.15) is 11.8 Å². The second-order valence-corrected chi connectivity index (χ2v) is 6.07. The van der Waals surface area contributed by atoms with Gasteiger partial charge in [0.05, 0.1) is 0 Å². The van der Waals surface area contributed by atoms with Crippen molar-refractivity contribution in [3.63, 3.8) is 0 Å². The van der Waals surface area contributed by atoms with Gasteiger partial charge in [0.2, 0.25) is 0 Å². The molecule has 2 rings (SSSR count). The van der Waals surface area contributed by atoms with Gasteiger partial charge >= 0.3 is 0 Å². The predicted molar refractivity (Wildman–Crippen MR) is 69.8 cm³/mol. The highest BCUT2D eigenvalue weighted by molar-refractivity contribution is 7.98. The van der Waals surface area contributed by atoms with Crippen molar-refractivity contribution < 1.29 is 0 Å². The van der Waals surface area contributed by atoms with E-state index in [1.807, 2.05) is 18.4 Å². The van der Waals surface area contributed by atoms with Crippen LogP contribution < -0.4 is 10.6 Å². The first-order valence-electron chi connectivity index (χ1n) is 5.43. The van der Waals surface area contributed by atoms with Gasteiger partial charge in [-0.3, -0.25) is 0 Å². The molecule has 15 heavy (non-hydrogen) atoms. The maximum atomic E-state index is 3.45. The molecule has 0 fully saturated rings. The molecule has 1 aromatic heterocycles. The van der Waals surface area contributed by atoms with Crippen molar-refractivity contribution in [2.45, 2.75) is 18.7 Å². The van der Waals surface area contributed by atoms with Crippen LogP contribution in [0.3, 0.4) is 0 Å². The van der Waals surface area contributed by atoms with Crippen LogP contribution in [0.15, 0.2) is 6.07 Å². The number of nitrogens with one attached hydrogen (secondary N) is 2. The van der Waals surface area contributed by atoms with Crippen molar-refractivity contribution in [3.8, 4) is 0 Å². The Labute approximate surface area is 99.8 Å². The van der Waals surface area contributed by atoms with Crippen molar-refractivity contribution in [2.24, 2.45) is 0 Å². The third-order valence-electron chi connectivity index (χ3n) is 2.53. The highest BCUT2D eigenvalue weighted by Gasteiger charge is 2.12. The van der Waals surface area contributed by atoms with E-state index >= 15 is 0 Å². The lowest BCUT2D eigenvalue weighted by Gasteiger charge is -2.08. The summed E-state index contributed by atoms with van der Waals surface area (Å²) in [5, 5.41) is 6.59. The lowest BCUT2D eigenvalue weighted by Crippen LogP contribution is -2.24. The van der Waals surface area contributed by atoms with Crippen LogP contribution in [0.1, 0.15) is 15.3 Å². The molecular weight excluding hydrogens is 224 g/mol. The van der Waals surface area contributed by atoms with Crippen molar-refractivity contribution >= 4 is 23.1 Å². The molecule has 0 atom stereocenters. The van der Waals surface area contributed by atoms with Gasteiger partial charge in [-0.15, -0.1) is 11.3 Å². The Balaban J connectivity index is 1.84. The number of aryl methyl sites for hydroxylation is 1. The van der Waals surface area contributed by atoms with Gasteiger partial charge in [-0.25, -0.2) is 0 Å². The zero-order valence-electron chi connectivity index (χ0n) is 9.14. The number of likely N-dealkylation sites (N-methyl/N-ethyl adjacent to an activating group) is 1. The van der Waals surface area contributed by atoms with Crippen LogP contribution >= 0.6 is 23.1 Å². The van der Waals surface area contributed by atoms with E-state index in [0.29, 0.717) is 0 Å². The van der Waals surface area contributed by atoms with Crippen molar-refractivity contribution in [1.29, 1.82) is 0 Å². The lowest BCUT2D eigenvalue weighted by atomic mass is 10.2. The third kappa shape index (κ3) is 3.21. The molecule has 4 heteroatoms. The molecule has 2 heterocycles. The molecule has 1 aliphatic heterocycles. The molecule has 0 bridgehead atoms. The standard InChI is InChI=1S/C11H18N2S2/c1-12-3-4-13-7-10-6-9-8-14-5-2-11(9)15-10/h6,12-13H,2-5,7-8H2,1H3. The summed E-state index contributed by atoms with van der Waals surface area (Å²) in [5.41, 5.74) is 1.58. The van der Waals surface area contributed by atoms with E-state index in [0.717, 1.165) is 19.6 Å². The summed E-state index contributed by atoms with van der Waals surface area (Å²) in [7, 11) is 1.99. The normalized spacial score (nSPS) is 15.3. The number of thioether (sulfide) groups is 1. The number of fused-ring (bicyclic) bond motifs is 1. The highest BCUT2D eigenvalue weighted by atomic mass is 32.2. The Hall–Kier alpha value is -0.0300. The van der Waals surface area contributed by atoms with E-state index in [9.17, 15) is 0 Å². The molecule has 0 unspecified atom stereocenters. The molecule has 84 valence electrons. The van der Waals surface area contributed by atoms with Gasteiger partial charge in [-0.05, 0) is 30.9 Å². The summed E-state index contributed by atoms with van der Waals surface area (Å²) in [6.07, 6.45) is 1.28. The molecule has 0 radical (unpaired) electrons. The number of hydrogen-bond acceptors (Lipinski definition) is 4. The van der Waals surface area contributed by atoms with Gasteiger partial charge in [0.15, 0.2) is 0 Å². The van der Waals surface area contributed by atoms with Crippen LogP contribution in [-0.4, -0.2) is 25.9 Å². The van der Waals surface area contributed by atoms with E-state index in [2.05, 4.69) is 28.5 Å². The van der Waals surface area contributed by atoms with E-state index in [-0.39, 0.29) is 0 Å². The van der Waals surface area contributed by atoms with Gasteiger partial charge in [0.1, 0.15) is 0 Å². The van der Waals surface area contributed by atoms with Crippen molar-refractivity contribution in [2.75, 3.05) is 25.9 Å². The molecule has 0 spiro atoms. The van der Waals surface area contributed by atoms with Gasteiger partial charge in [0, 0.05) is 35.1 Å². The minimum absolute atomic E-state index is 1.03. The topological polar surface area (TPSA) is 24.1 Å². The zero-order valence-corrected chi connectivity index (χ0v) is 10.8. The maximum Gasteiger partial charge on any atom is 0.0300 e. The molecule has 1 aromatic rings. The smallest absolute Gasteiger partial charge is 0.0300 e. The van der Waals surface area contributed by atoms with Gasteiger partial charge in [0.25, 0.3) is 0 Å². The Bertz CT molecular complexity index is 286. The molecule has 0 saturated carbocycles. The Morgan fingerprint density at radius 3 is 3.13 bits per heavy atom. The SMILES string of the molecule is CNCCNCc1cc2c(s1)CCSC2. The Morgan fingerprint density at radius 2 is 2.33 bits per heavy atom. The highest BCUT2D eigenvalue weighted by Crippen LogP contribution is 2.31. The van der Waals surface area contributed by atoms with Crippen LogP contribution in [0.4, 0.5) is 0 Å². The molecule has 1 aliphatic rings. The summed E-state index contributed by atoms with van der Waals surface area (Å²) in [6.45, 7) is 3.12. The van der Waals surface area contributed by atoms with E-state index in [4.69, 9.17) is 0 Å². The second kappa shape index (κ2) is 5.89. The molecule has 0 saturated heterocycles. The summed E-state index contributed by atoms with van der Waals surface area (Å²) in [4.78, 5) is 3.12. The first-order chi connectivity index (χ1) is 7.40. The second-order valence-electron chi connectivity index (χ2n) is 3.74. The summed E-state index contributed by atoms with van der Waals surface area (Å²) in [6, 6.07) is 2.39. The first-order valence-corrected chi connectivity index (χ1v) is 7.41. The van der Waals surface area contributed by atoms with Crippen LogP contribution in [0.5, 0.6) is 0 Å². The fourth-order valence-corrected chi connectivity index (χ4v) is 4.07. The van der Waals surface area contributed by atoms with Crippen LogP contribution in [0.25, 0.3) is 0 Å². The van der Waals surface area contributed by atoms with Crippen LogP contribution in [0, 0.1) is 0 Å². The number of rotatable bonds is 5. The fourth-order valence-electron chi connectivity index (χ4n) is 1.72. The van der Waals surface area contributed by atoms with Crippen molar-refractivity contribution in [1.82, 2.24) is 10.6 Å². The minimum atomic E-state index is 1.03. The average molecular weight is 242 g/mol. The molecule has 0 amide bonds. The quantitative estimate of drug-likeness (QED) is 0.771. The van der Waals surface area contributed by atoms with Crippen LogP contribution in [0.2, 0.25) is 0 Å². The van der Waals surface area contributed by atoms with Crippen LogP contribution in [-0.2, 0) is 18.7 Å². The molecule has 0 aromatic carbocycles. The Kier molecular flexibility index (Phi) is 4.50. The maximum absolute atomic E-state index is 3.45. The average Bonchev–Trinajstić information content (AvgIpc) is 2.67. The zero-order chi connectivity index (χ0) is 10.5. The number of hydrogen-bond donors (Lipinski definition) is 2. The fraction of sp³-hybridized carbons (Fsp3) is 0.636.